The van der Waals surface area contributed by atoms with Crippen LogP contribution in [0.2, 0.25) is 12.6 Å². The maximum atomic E-state index is 12.6. The highest BCUT2D eigenvalue weighted by Crippen LogP contribution is 2.36. The zero-order valence-electron chi connectivity index (χ0n) is 12.8. The van der Waals surface area contributed by atoms with E-state index in [-0.39, 0.29) is 5.91 Å². The summed E-state index contributed by atoms with van der Waals surface area (Å²) < 4.78 is 1.95. The zero-order valence-corrected chi connectivity index (χ0v) is 13.8. The number of carbonyl (C=O) groups excluding carboxylic acids is 1. The minimum absolute atomic E-state index is 0.137. The van der Waals surface area contributed by atoms with Crippen molar-refractivity contribution in [3.05, 3.63) is 54.5 Å². The molecule has 0 spiro atoms. The summed E-state index contributed by atoms with van der Waals surface area (Å²) in [6.45, 7) is 5.62. The van der Waals surface area contributed by atoms with Crippen LogP contribution in [0.3, 0.4) is 0 Å². The number of fused-ring (bicyclic) bond motifs is 3. The molecule has 1 aliphatic heterocycles. The lowest BCUT2D eigenvalue weighted by Gasteiger charge is -2.34. The molecule has 1 aromatic carbocycles. The molecule has 0 saturated carbocycles. The Kier molecular flexibility index (Phi) is 2.94. The molecule has 3 aromatic rings. The van der Waals surface area contributed by atoms with E-state index in [0.29, 0.717) is 11.4 Å². The van der Waals surface area contributed by atoms with E-state index >= 15 is 0 Å². The van der Waals surface area contributed by atoms with Crippen LogP contribution in [0, 0.1) is 0 Å². The van der Waals surface area contributed by atoms with E-state index in [1.165, 1.54) is 0 Å². The van der Waals surface area contributed by atoms with E-state index in [4.69, 9.17) is 0 Å². The van der Waals surface area contributed by atoms with Gasteiger partial charge in [0.2, 0.25) is 14.2 Å². The maximum absolute atomic E-state index is 12.6. The van der Waals surface area contributed by atoms with Crippen molar-refractivity contribution in [2.75, 3.05) is 0 Å². The van der Waals surface area contributed by atoms with Gasteiger partial charge in [0.1, 0.15) is 11.7 Å². The Morgan fingerprint density at radius 3 is 2.87 bits per heavy atom. The topological polar surface area (TPSA) is 67.2 Å². The minimum atomic E-state index is -2.70. The van der Waals surface area contributed by atoms with Gasteiger partial charge in [-0.2, -0.15) is 0 Å². The Bertz CT molecular complexity index is 908. The molecule has 1 aliphatic rings. The molecule has 2 atom stereocenters. The Morgan fingerprint density at radius 2 is 2.04 bits per heavy atom. The third-order valence-electron chi connectivity index (χ3n) is 4.60. The molecule has 6 heteroatoms. The number of nitrogens with zero attached hydrogens (tertiary/aromatic N) is 2. The average molecular weight is 323 g/mol. The largest absolute Gasteiger partial charge is 0.426 e. The fourth-order valence-electron chi connectivity index (χ4n) is 3.31. The van der Waals surface area contributed by atoms with Crippen LogP contribution < -0.4 is 5.32 Å². The Morgan fingerprint density at radius 1 is 1.30 bits per heavy atom. The molecule has 0 aliphatic carbocycles. The highest BCUT2D eigenvalue weighted by Gasteiger charge is 2.42. The summed E-state index contributed by atoms with van der Waals surface area (Å²) in [5.41, 5.74) is 1.73. The second-order valence-electron chi connectivity index (χ2n) is 6.22. The molecule has 2 N–H and O–H groups in total. The van der Waals surface area contributed by atoms with Crippen molar-refractivity contribution in [1.29, 1.82) is 0 Å². The van der Waals surface area contributed by atoms with E-state index in [0.717, 1.165) is 21.9 Å². The predicted octanol–water partition coefficient (Wildman–Crippen LogP) is 2.48. The summed E-state index contributed by atoms with van der Waals surface area (Å²) in [6.07, 6.45) is 1.73. The first kappa shape index (κ1) is 14.2. The van der Waals surface area contributed by atoms with Gasteiger partial charge in [0.05, 0.1) is 5.52 Å². The van der Waals surface area contributed by atoms with Crippen molar-refractivity contribution in [1.82, 2.24) is 14.9 Å². The third kappa shape index (κ3) is 2.03. The van der Waals surface area contributed by atoms with Crippen LogP contribution in [0.15, 0.2) is 54.5 Å². The molecule has 0 radical (unpaired) electrons. The normalized spacial score (nSPS) is 25.0. The number of hydrogen-bond acceptors (Lipinski definition) is 3. The second-order valence-corrected chi connectivity index (χ2v) is 9.78. The van der Waals surface area contributed by atoms with Gasteiger partial charge in [-0.15, -0.1) is 0 Å². The summed E-state index contributed by atoms with van der Waals surface area (Å²) >= 11 is 0. The number of pyridine rings is 1. The second kappa shape index (κ2) is 4.77. The molecular weight excluding hydrogens is 306 g/mol. The van der Waals surface area contributed by atoms with Gasteiger partial charge >= 0.3 is 0 Å². The van der Waals surface area contributed by atoms with E-state index in [1.807, 2.05) is 47.5 Å². The molecule has 1 saturated heterocycles. The van der Waals surface area contributed by atoms with Crippen molar-refractivity contribution in [3.8, 4) is 0 Å². The standard InChI is InChI=1S/C17H17N3O2Si/c1-11-19-17(21)15(10-23(11,2)22)20-14-8-4-3-6-12(14)13-7-5-9-18-16(13)20/h3-9,15,22H,1,10H2,2H3,(H,19,21). The number of rotatable bonds is 1. The summed E-state index contributed by atoms with van der Waals surface area (Å²) in [7, 11) is -2.70. The van der Waals surface area contributed by atoms with Gasteiger partial charge < -0.3 is 14.7 Å². The van der Waals surface area contributed by atoms with E-state index in [9.17, 15) is 9.59 Å². The summed E-state index contributed by atoms with van der Waals surface area (Å²) in [5.74, 6) is -0.137. The molecule has 1 amide bonds. The highest BCUT2D eigenvalue weighted by atomic mass is 28.4. The number of aromatic nitrogens is 2. The van der Waals surface area contributed by atoms with Crippen molar-refractivity contribution >= 4 is 36.2 Å². The number of carbonyl (C=O) groups is 1. The lowest BCUT2D eigenvalue weighted by atomic mass is 10.2. The van der Waals surface area contributed by atoms with Crippen LogP contribution in [-0.2, 0) is 4.79 Å². The quantitative estimate of drug-likeness (QED) is 0.676. The Hall–Kier alpha value is -2.44. The van der Waals surface area contributed by atoms with Crippen molar-refractivity contribution in [2.24, 2.45) is 0 Å². The fourth-order valence-corrected chi connectivity index (χ4v) is 5.07. The summed E-state index contributed by atoms with van der Waals surface area (Å²) in [6, 6.07) is 11.8. The lowest BCUT2D eigenvalue weighted by molar-refractivity contribution is -0.123. The van der Waals surface area contributed by atoms with Crippen molar-refractivity contribution in [3.63, 3.8) is 0 Å². The average Bonchev–Trinajstić information content (AvgIpc) is 2.86. The van der Waals surface area contributed by atoms with Gasteiger partial charge in [-0.25, -0.2) is 4.98 Å². The molecular formula is C17H17N3O2Si. The fraction of sp³-hybridized carbons (Fsp3) is 0.176. The number of amides is 1. The first-order valence-electron chi connectivity index (χ1n) is 7.55. The first-order chi connectivity index (χ1) is 11.0. The van der Waals surface area contributed by atoms with E-state index in [2.05, 4.69) is 16.9 Å². The summed E-state index contributed by atoms with van der Waals surface area (Å²) in [5, 5.41) is 5.33. The van der Waals surface area contributed by atoms with Gasteiger partial charge in [-0.3, -0.25) is 4.79 Å². The van der Waals surface area contributed by atoms with Crippen LogP contribution in [0.1, 0.15) is 6.04 Å². The van der Waals surface area contributed by atoms with Gasteiger partial charge in [0.25, 0.3) is 0 Å². The molecule has 1 fully saturated rings. The predicted molar refractivity (Wildman–Crippen MR) is 92.2 cm³/mol. The molecule has 2 unspecified atom stereocenters. The van der Waals surface area contributed by atoms with Crippen LogP contribution >= 0.6 is 0 Å². The number of benzene rings is 1. The number of hydrogen-bond donors (Lipinski definition) is 2. The SMILES string of the molecule is C=C1NC(=O)C(n2c3ccccc3c3cccnc32)C[Si]1(C)O. The number of para-hydroxylation sites is 1. The minimum Gasteiger partial charge on any atom is -0.426 e. The van der Waals surface area contributed by atoms with Crippen LogP contribution in [0.25, 0.3) is 21.9 Å². The lowest BCUT2D eigenvalue weighted by Crippen LogP contribution is -2.52. The summed E-state index contributed by atoms with van der Waals surface area (Å²) in [4.78, 5) is 27.7. The zero-order chi connectivity index (χ0) is 16.2. The Labute approximate surface area is 134 Å². The smallest absolute Gasteiger partial charge is 0.246 e. The molecule has 116 valence electrons. The highest BCUT2D eigenvalue weighted by molar-refractivity contribution is 6.79. The van der Waals surface area contributed by atoms with E-state index < -0.39 is 14.4 Å². The van der Waals surface area contributed by atoms with Crippen LogP contribution in [0.4, 0.5) is 0 Å². The van der Waals surface area contributed by atoms with Crippen molar-refractivity contribution < 1.29 is 9.59 Å². The van der Waals surface area contributed by atoms with Crippen LogP contribution in [0.5, 0.6) is 0 Å². The maximum Gasteiger partial charge on any atom is 0.246 e. The van der Waals surface area contributed by atoms with Gasteiger partial charge in [0.15, 0.2) is 0 Å². The number of nitrogens with one attached hydrogen (secondary N) is 1. The van der Waals surface area contributed by atoms with Gasteiger partial charge in [-0.1, -0.05) is 24.8 Å². The molecule has 2 aromatic heterocycles. The Balaban J connectivity index is 2.00. The van der Waals surface area contributed by atoms with Crippen molar-refractivity contribution in [2.45, 2.75) is 18.6 Å². The van der Waals surface area contributed by atoms with E-state index in [1.54, 1.807) is 6.20 Å². The molecule has 5 nitrogen and oxygen atoms in total. The van der Waals surface area contributed by atoms with Gasteiger partial charge in [-0.05, 0) is 24.7 Å². The van der Waals surface area contributed by atoms with Gasteiger partial charge in [0, 0.05) is 28.3 Å². The van der Waals surface area contributed by atoms with Crippen LogP contribution in [-0.4, -0.2) is 28.6 Å². The first-order valence-corrected chi connectivity index (χ1v) is 10.2. The monoisotopic (exact) mass is 323 g/mol. The molecule has 0 bridgehead atoms. The molecule has 3 heterocycles. The third-order valence-corrected chi connectivity index (χ3v) is 7.20. The molecule has 4 rings (SSSR count). The molecule has 23 heavy (non-hydrogen) atoms.